The summed E-state index contributed by atoms with van der Waals surface area (Å²) in [6.45, 7) is 2.12. The molecular formula is C10H11N3. The molecule has 2 heterocycles. The zero-order chi connectivity index (χ0) is 9.10. The van der Waals surface area contributed by atoms with Gasteiger partial charge in [-0.25, -0.2) is 0 Å². The number of pyridine rings is 1. The van der Waals surface area contributed by atoms with Gasteiger partial charge in [-0.3, -0.25) is 10.1 Å². The number of hydrogen-bond donors (Lipinski definition) is 1. The lowest BCUT2D eigenvalue weighted by Crippen LogP contribution is -1.84. The van der Waals surface area contributed by atoms with E-state index in [-0.39, 0.29) is 0 Å². The summed E-state index contributed by atoms with van der Waals surface area (Å²) in [5.74, 6) is 0. The van der Waals surface area contributed by atoms with Gasteiger partial charge in [0.05, 0.1) is 11.9 Å². The summed E-state index contributed by atoms with van der Waals surface area (Å²) in [6.07, 6.45) is 6.54. The Morgan fingerprint density at radius 2 is 2.23 bits per heavy atom. The van der Waals surface area contributed by atoms with E-state index in [1.54, 1.807) is 6.20 Å². The molecular weight excluding hydrogens is 162 g/mol. The topological polar surface area (TPSA) is 41.6 Å². The van der Waals surface area contributed by atoms with Crippen molar-refractivity contribution in [3.05, 3.63) is 36.3 Å². The van der Waals surface area contributed by atoms with Crippen LogP contribution in [0.3, 0.4) is 0 Å². The Morgan fingerprint density at radius 1 is 1.31 bits per heavy atom. The molecule has 13 heavy (non-hydrogen) atoms. The van der Waals surface area contributed by atoms with Crippen molar-refractivity contribution in [1.82, 2.24) is 15.2 Å². The molecule has 2 aromatic heterocycles. The van der Waals surface area contributed by atoms with Gasteiger partial charge in [0.1, 0.15) is 0 Å². The van der Waals surface area contributed by atoms with Crippen LogP contribution in [0.5, 0.6) is 0 Å². The maximum Gasteiger partial charge on any atom is 0.0733 e. The van der Waals surface area contributed by atoms with Crippen molar-refractivity contribution in [3.8, 4) is 11.3 Å². The van der Waals surface area contributed by atoms with Crippen LogP contribution in [-0.4, -0.2) is 15.2 Å². The number of aromatic amines is 1. The summed E-state index contributed by atoms with van der Waals surface area (Å²) >= 11 is 0. The second-order valence-electron chi connectivity index (χ2n) is 2.89. The van der Waals surface area contributed by atoms with Crippen molar-refractivity contribution < 1.29 is 0 Å². The van der Waals surface area contributed by atoms with Crippen molar-refractivity contribution in [1.29, 1.82) is 0 Å². The Balaban J connectivity index is 2.33. The Labute approximate surface area is 76.8 Å². The smallest absolute Gasteiger partial charge is 0.0733 e. The molecule has 0 saturated carbocycles. The van der Waals surface area contributed by atoms with E-state index in [2.05, 4.69) is 28.2 Å². The summed E-state index contributed by atoms with van der Waals surface area (Å²) in [5, 5.41) is 6.64. The highest BCUT2D eigenvalue weighted by molar-refractivity contribution is 5.56. The van der Waals surface area contributed by atoms with Gasteiger partial charge in [-0.2, -0.15) is 5.10 Å². The fourth-order valence-electron chi connectivity index (χ4n) is 1.20. The molecule has 0 spiro atoms. The highest BCUT2D eigenvalue weighted by atomic mass is 15.1. The normalized spacial score (nSPS) is 10.2. The summed E-state index contributed by atoms with van der Waals surface area (Å²) in [5.41, 5.74) is 3.25. The third-order valence-corrected chi connectivity index (χ3v) is 2.03. The van der Waals surface area contributed by atoms with Gasteiger partial charge in [0.15, 0.2) is 0 Å². The average molecular weight is 173 g/mol. The zero-order valence-electron chi connectivity index (χ0n) is 7.49. The van der Waals surface area contributed by atoms with Crippen molar-refractivity contribution >= 4 is 0 Å². The Kier molecular flexibility index (Phi) is 2.08. The highest BCUT2D eigenvalue weighted by Crippen LogP contribution is 2.14. The van der Waals surface area contributed by atoms with Crippen LogP contribution in [0, 0.1) is 0 Å². The van der Waals surface area contributed by atoms with Crippen molar-refractivity contribution in [3.63, 3.8) is 0 Å². The molecule has 0 saturated heterocycles. The van der Waals surface area contributed by atoms with Crippen LogP contribution in [0.15, 0.2) is 30.7 Å². The first-order chi connectivity index (χ1) is 6.40. The number of H-pyrrole nitrogens is 1. The van der Waals surface area contributed by atoms with Gasteiger partial charge in [0.2, 0.25) is 0 Å². The molecule has 66 valence electrons. The highest BCUT2D eigenvalue weighted by Gasteiger charge is 1.98. The third kappa shape index (κ3) is 1.59. The molecule has 0 aliphatic rings. The number of aryl methyl sites for hydroxylation is 1. The van der Waals surface area contributed by atoms with Gasteiger partial charge in [0, 0.05) is 18.0 Å². The standard InChI is InChI=1S/C10H11N3/c1-2-8-3-4-10(11-5-8)9-6-12-13-7-9/h3-7H,2H2,1H3,(H,12,13). The van der Waals surface area contributed by atoms with Gasteiger partial charge in [0.25, 0.3) is 0 Å². The molecule has 0 aliphatic carbocycles. The summed E-state index contributed by atoms with van der Waals surface area (Å²) < 4.78 is 0. The largest absolute Gasteiger partial charge is 0.285 e. The Hall–Kier alpha value is -1.64. The van der Waals surface area contributed by atoms with E-state index < -0.39 is 0 Å². The molecule has 0 aromatic carbocycles. The molecule has 0 fully saturated rings. The minimum atomic E-state index is 0.964. The van der Waals surface area contributed by atoms with E-state index in [0.717, 1.165) is 17.7 Å². The average Bonchev–Trinajstić information content (AvgIpc) is 2.71. The van der Waals surface area contributed by atoms with Crippen molar-refractivity contribution in [2.24, 2.45) is 0 Å². The molecule has 2 aromatic rings. The van der Waals surface area contributed by atoms with Crippen molar-refractivity contribution in [2.75, 3.05) is 0 Å². The molecule has 0 unspecified atom stereocenters. The third-order valence-electron chi connectivity index (χ3n) is 2.03. The number of rotatable bonds is 2. The maximum atomic E-state index is 4.33. The van der Waals surface area contributed by atoms with E-state index in [0.29, 0.717) is 0 Å². The molecule has 2 rings (SSSR count). The molecule has 0 amide bonds. The second kappa shape index (κ2) is 3.39. The van der Waals surface area contributed by atoms with Gasteiger partial charge >= 0.3 is 0 Å². The summed E-state index contributed by atoms with van der Waals surface area (Å²) in [4.78, 5) is 4.33. The molecule has 0 radical (unpaired) electrons. The lowest BCUT2D eigenvalue weighted by Gasteiger charge is -1.97. The van der Waals surface area contributed by atoms with E-state index in [1.807, 2.05) is 18.5 Å². The number of aromatic nitrogens is 3. The minimum absolute atomic E-state index is 0.964. The first-order valence-corrected chi connectivity index (χ1v) is 4.34. The van der Waals surface area contributed by atoms with Crippen LogP contribution >= 0.6 is 0 Å². The molecule has 0 bridgehead atoms. The van der Waals surface area contributed by atoms with Crippen LogP contribution in [-0.2, 0) is 6.42 Å². The van der Waals surface area contributed by atoms with Gasteiger partial charge in [-0.05, 0) is 18.1 Å². The maximum absolute atomic E-state index is 4.33. The molecule has 0 aliphatic heterocycles. The van der Waals surface area contributed by atoms with Gasteiger partial charge in [-0.1, -0.05) is 13.0 Å². The predicted molar refractivity (Wildman–Crippen MR) is 51.2 cm³/mol. The summed E-state index contributed by atoms with van der Waals surface area (Å²) in [6, 6.07) is 4.11. The predicted octanol–water partition coefficient (Wildman–Crippen LogP) is 2.03. The Bertz CT molecular complexity index is 362. The Morgan fingerprint density at radius 3 is 2.77 bits per heavy atom. The van der Waals surface area contributed by atoms with Crippen LogP contribution in [0.2, 0.25) is 0 Å². The molecule has 3 nitrogen and oxygen atoms in total. The van der Waals surface area contributed by atoms with Crippen LogP contribution in [0.4, 0.5) is 0 Å². The number of hydrogen-bond acceptors (Lipinski definition) is 2. The summed E-state index contributed by atoms with van der Waals surface area (Å²) in [7, 11) is 0. The van der Waals surface area contributed by atoms with Crippen LogP contribution in [0.1, 0.15) is 12.5 Å². The molecule has 1 N–H and O–H groups in total. The zero-order valence-corrected chi connectivity index (χ0v) is 7.49. The number of nitrogens with zero attached hydrogens (tertiary/aromatic N) is 2. The van der Waals surface area contributed by atoms with E-state index >= 15 is 0 Å². The van der Waals surface area contributed by atoms with E-state index in [1.165, 1.54) is 5.56 Å². The van der Waals surface area contributed by atoms with Crippen LogP contribution in [0.25, 0.3) is 11.3 Å². The fourth-order valence-corrected chi connectivity index (χ4v) is 1.20. The molecule has 0 atom stereocenters. The quantitative estimate of drug-likeness (QED) is 0.755. The van der Waals surface area contributed by atoms with Crippen LogP contribution < -0.4 is 0 Å². The van der Waals surface area contributed by atoms with E-state index in [4.69, 9.17) is 0 Å². The minimum Gasteiger partial charge on any atom is -0.285 e. The van der Waals surface area contributed by atoms with Crippen molar-refractivity contribution in [2.45, 2.75) is 13.3 Å². The van der Waals surface area contributed by atoms with Gasteiger partial charge < -0.3 is 0 Å². The first-order valence-electron chi connectivity index (χ1n) is 4.34. The second-order valence-corrected chi connectivity index (χ2v) is 2.89. The fraction of sp³-hybridized carbons (Fsp3) is 0.200. The lowest BCUT2D eigenvalue weighted by atomic mass is 10.2. The van der Waals surface area contributed by atoms with E-state index in [9.17, 15) is 0 Å². The SMILES string of the molecule is CCc1ccc(-c2cn[nH]c2)nc1. The molecule has 3 heteroatoms. The van der Waals surface area contributed by atoms with Gasteiger partial charge in [-0.15, -0.1) is 0 Å². The monoisotopic (exact) mass is 173 g/mol. The first kappa shape index (κ1) is 7.98. The lowest BCUT2D eigenvalue weighted by molar-refractivity contribution is 1.09. The number of nitrogens with one attached hydrogen (secondary N) is 1.